The number of rotatable bonds is 15. The van der Waals surface area contributed by atoms with Crippen LogP contribution in [0.2, 0.25) is 0 Å². The Hall–Kier alpha value is -5.74. The molecule has 362 valence electrons. The molecule has 18 nitrogen and oxygen atoms in total. The maximum Gasteiger partial charge on any atom is 0.316 e. The van der Waals surface area contributed by atoms with Gasteiger partial charge in [-0.25, -0.2) is 9.67 Å². The fourth-order valence-electron chi connectivity index (χ4n) is 6.07. The Morgan fingerprint density at radius 2 is 1.23 bits per heavy atom. The third-order valence-corrected chi connectivity index (χ3v) is 10.2. The van der Waals surface area contributed by atoms with E-state index in [0.717, 1.165) is 11.1 Å². The first-order valence-electron chi connectivity index (χ1n) is 22.2. The Bertz CT molecular complexity index is 2270. The van der Waals surface area contributed by atoms with Gasteiger partial charge in [0.2, 0.25) is 18.3 Å². The second-order valence-electron chi connectivity index (χ2n) is 21.7. The van der Waals surface area contributed by atoms with E-state index in [2.05, 4.69) is 15.0 Å². The molecule has 0 spiro atoms. The Morgan fingerprint density at radius 1 is 0.697 bits per heavy atom. The Morgan fingerprint density at radius 3 is 1.76 bits per heavy atom. The standard InChI is InChI=1S/C48H68N6O12/c1-44(2,3)39(55)60-27-31-33(63-41(57)46(7,8)9)34(64-42(58)47(10,11)12)35(65-43(59)48(13,14)15)38(62-31)66-37-32-29(23-25-50-36(32)54(52-37)26-16-24-51-53-49)20-17-28-18-21-30(22-19-28)61-40(56)45(4,5)6/h18-19,21-23,25,31,33-35,38H,16-17,20,24,26-27H2,1-15H3/t31-,33-,34+,35-,38+/m1/s1. The van der Waals surface area contributed by atoms with E-state index in [1.165, 1.54) is 0 Å². The first-order valence-corrected chi connectivity index (χ1v) is 22.2. The van der Waals surface area contributed by atoms with Gasteiger partial charge in [0.1, 0.15) is 18.5 Å². The first kappa shape index (κ1) is 52.9. The summed E-state index contributed by atoms with van der Waals surface area (Å²) in [6, 6.07) is 9.05. The van der Waals surface area contributed by atoms with Crippen LogP contribution in [0.15, 0.2) is 41.6 Å². The first-order chi connectivity index (χ1) is 30.4. The van der Waals surface area contributed by atoms with Crippen LogP contribution >= 0.6 is 0 Å². The molecule has 1 saturated heterocycles. The minimum absolute atomic E-state index is 0.0135. The molecule has 3 heterocycles. The van der Waals surface area contributed by atoms with Crippen molar-refractivity contribution in [2.45, 2.75) is 160 Å². The fourth-order valence-corrected chi connectivity index (χ4v) is 6.07. The van der Waals surface area contributed by atoms with Gasteiger partial charge in [0.25, 0.3) is 0 Å². The molecule has 0 unspecified atom stereocenters. The number of hydrogen-bond acceptors (Lipinski definition) is 15. The third-order valence-electron chi connectivity index (χ3n) is 10.2. The normalized spacial score (nSPS) is 19.3. The van der Waals surface area contributed by atoms with Crippen LogP contribution in [0.3, 0.4) is 0 Å². The summed E-state index contributed by atoms with van der Waals surface area (Å²) >= 11 is 0. The Labute approximate surface area is 387 Å². The summed E-state index contributed by atoms with van der Waals surface area (Å²) in [5.41, 5.74) is 6.25. The summed E-state index contributed by atoms with van der Waals surface area (Å²) in [6.45, 7) is 25.1. The summed E-state index contributed by atoms with van der Waals surface area (Å²) in [4.78, 5) is 74.7. The molecule has 2 aromatic heterocycles. The van der Waals surface area contributed by atoms with Crippen molar-refractivity contribution < 1.29 is 57.1 Å². The summed E-state index contributed by atoms with van der Waals surface area (Å²) in [6.07, 6.45) is -4.50. The van der Waals surface area contributed by atoms with Gasteiger partial charge in [-0.15, -0.1) is 5.10 Å². The van der Waals surface area contributed by atoms with Crippen molar-refractivity contribution in [2.75, 3.05) is 13.2 Å². The molecular weight excluding hydrogens is 853 g/mol. The number of carbonyl (C=O) groups excluding carboxylic acids is 5. The lowest BCUT2D eigenvalue weighted by Crippen LogP contribution is -2.65. The number of carbonyl (C=O) groups is 5. The number of aryl methyl sites for hydroxylation is 3. The molecule has 1 fully saturated rings. The maximum absolute atomic E-state index is 13.9. The van der Waals surface area contributed by atoms with Gasteiger partial charge in [-0.3, -0.25) is 24.0 Å². The Balaban J connectivity index is 1.89. The molecular formula is C48H68N6O12. The number of aromatic nitrogens is 3. The molecule has 0 saturated carbocycles. The van der Waals surface area contributed by atoms with Crippen LogP contribution in [0.1, 0.15) is 121 Å². The number of ether oxygens (including phenoxy) is 7. The maximum atomic E-state index is 13.9. The number of nitrogens with zero attached hydrogens (tertiary/aromatic N) is 6. The highest BCUT2D eigenvalue weighted by Gasteiger charge is 2.56. The second-order valence-corrected chi connectivity index (χ2v) is 21.7. The molecule has 0 aliphatic carbocycles. The SMILES string of the molecule is CC(C)(C)C(=O)OC[C@H]1O[C@@H](Oc2nn(CCCN=[N+]=[N-])c3nccc(CCc4ccc(OC(=O)C(C)(C)C)cc4)c23)[C@H](OC(=O)C(C)(C)C)[C@@H](OC(=O)C(C)(C)C)[C@@H]1OC(=O)C(C)(C)C. The van der Waals surface area contributed by atoms with Gasteiger partial charge in [0, 0.05) is 24.2 Å². The molecule has 4 rings (SSSR count). The van der Waals surface area contributed by atoms with E-state index in [-0.39, 0.29) is 24.9 Å². The van der Waals surface area contributed by atoms with Crippen LogP contribution in [0, 0.1) is 27.1 Å². The van der Waals surface area contributed by atoms with Crippen LogP contribution in [0.4, 0.5) is 0 Å². The molecule has 3 aromatic rings. The van der Waals surface area contributed by atoms with E-state index in [1.54, 1.807) is 127 Å². The van der Waals surface area contributed by atoms with E-state index in [9.17, 15) is 24.0 Å². The lowest BCUT2D eigenvalue weighted by Gasteiger charge is -2.45. The summed E-state index contributed by atoms with van der Waals surface area (Å²) in [5.74, 6) is -2.63. The molecule has 1 aliphatic rings. The van der Waals surface area contributed by atoms with Crippen molar-refractivity contribution in [3.63, 3.8) is 0 Å². The minimum Gasteiger partial charge on any atom is -0.462 e. The highest BCUT2D eigenvalue weighted by molar-refractivity contribution is 5.85. The number of hydrogen-bond donors (Lipinski definition) is 0. The summed E-state index contributed by atoms with van der Waals surface area (Å²) < 4.78 is 44.8. The lowest BCUT2D eigenvalue weighted by molar-refractivity contribution is -0.294. The topological polar surface area (TPSA) is 229 Å². The van der Waals surface area contributed by atoms with Gasteiger partial charge >= 0.3 is 29.8 Å². The number of fused-ring (bicyclic) bond motifs is 1. The highest BCUT2D eigenvalue weighted by Crippen LogP contribution is 2.37. The third kappa shape index (κ3) is 14.1. The van der Waals surface area contributed by atoms with Gasteiger partial charge < -0.3 is 33.2 Å². The Kier molecular flexibility index (Phi) is 16.7. The molecule has 0 amide bonds. The molecule has 5 atom stereocenters. The van der Waals surface area contributed by atoms with Gasteiger partial charge in [0.15, 0.2) is 17.9 Å². The van der Waals surface area contributed by atoms with Crippen LogP contribution in [0.25, 0.3) is 21.5 Å². The van der Waals surface area contributed by atoms with E-state index in [0.29, 0.717) is 36.0 Å². The quantitative estimate of drug-likeness (QED) is 0.0265. The van der Waals surface area contributed by atoms with E-state index in [4.69, 9.17) is 43.8 Å². The van der Waals surface area contributed by atoms with Crippen molar-refractivity contribution in [1.29, 1.82) is 0 Å². The van der Waals surface area contributed by atoms with E-state index < -0.39 is 88.3 Å². The summed E-state index contributed by atoms with van der Waals surface area (Å²) in [7, 11) is 0. The van der Waals surface area contributed by atoms with Crippen molar-refractivity contribution in [2.24, 2.45) is 32.2 Å². The van der Waals surface area contributed by atoms with Crippen molar-refractivity contribution in [3.8, 4) is 11.6 Å². The van der Waals surface area contributed by atoms with Crippen LogP contribution in [0.5, 0.6) is 11.6 Å². The molecule has 66 heavy (non-hydrogen) atoms. The fraction of sp³-hybridized carbons (Fsp3) is 0.646. The van der Waals surface area contributed by atoms with Crippen LogP contribution < -0.4 is 9.47 Å². The lowest BCUT2D eigenvalue weighted by atomic mass is 9.93. The molecule has 1 aromatic carbocycles. The molecule has 0 radical (unpaired) electrons. The van der Waals surface area contributed by atoms with Gasteiger partial charge in [-0.2, -0.15) is 0 Å². The average molecular weight is 921 g/mol. The van der Waals surface area contributed by atoms with Crippen molar-refractivity contribution in [1.82, 2.24) is 14.8 Å². The predicted octanol–water partition coefficient (Wildman–Crippen LogP) is 8.44. The van der Waals surface area contributed by atoms with Gasteiger partial charge in [0.05, 0.1) is 32.5 Å². The zero-order chi connectivity index (χ0) is 49.6. The second kappa shape index (κ2) is 20.8. The molecule has 0 N–H and O–H groups in total. The van der Waals surface area contributed by atoms with Crippen molar-refractivity contribution in [3.05, 3.63) is 58.1 Å². The number of esters is 5. The van der Waals surface area contributed by atoms with Gasteiger partial charge in [-0.1, -0.05) is 17.2 Å². The van der Waals surface area contributed by atoms with Crippen LogP contribution in [-0.2, 0) is 67.0 Å². The predicted molar refractivity (Wildman–Crippen MR) is 243 cm³/mol. The monoisotopic (exact) mass is 920 g/mol. The minimum atomic E-state index is -1.61. The van der Waals surface area contributed by atoms with E-state index >= 15 is 0 Å². The molecule has 1 aliphatic heterocycles. The average Bonchev–Trinajstić information content (AvgIpc) is 3.55. The number of benzene rings is 1. The highest BCUT2D eigenvalue weighted by atomic mass is 16.7. The smallest absolute Gasteiger partial charge is 0.316 e. The van der Waals surface area contributed by atoms with Gasteiger partial charge in [-0.05, 0) is 158 Å². The number of azide groups is 1. The van der Waals surface area contributed by atoms with E-state index in [1.807, 2.05) is 18.2 Å². The summed E-state index contributed by atoms with van der Waals surface area (Å²) in [5, 5.41) is 8.97. The zero-order valence-electron chi connectivity index (χ0n) is 41.2. The number of pyridine rings is 1. The molecule has 18 heteroatoms. The van der Waals surface area contributed by atoms with Crippen molar-refractivity contribution >= 4 is 40.9 Å². The largest absolute Gasteiger partial charge is 0.462 e. The molecule has 0 bridgehead atoms. The zero-order valence-corrected chi connectivity index (χ0v) is 41.2. The van der Waals surface area contributed by atoms with Crippen LogP contribution in [-0.4, -0.2) is 88.5 Å².